The van der Waals surface area contributed by atoms with Gasteiger partial charge in [0.05, 0.1) is 11.0 Å². The molecular weight excluding hydrogens is 508 g/mol. The molecule has 0 spiro atoms. The van der Waals surface area contributed by atoms with Gasteiger partial charge in [-0.25, -0.2) is 0 Å². The molecule has 7 rings (SSSR count). The first-order valence-electron chi connectivity index (χ1n) is 14.8. The van der Waals surface area contributed by atoms with E-state index in [1.807, 2.05) is 0 Å². The second-order valence-corrected chi connectivity index (χ2v) is 12.4. The minimum absolute atomic E-state index is 0.141. The lowest BCUT2D eigenvalue weighted by Crippen LogP contribution is -2.18. The molecule has 0 N–H and O–H groups in total. The van der Waals surface area contributed by atoms with Gasteiger partial charge < -0.3 is 9.13 Å². The summed E-state index contributed by atoms with van der Waals surface area (Å²) in [5.74, 6) is 0. The third-order valence-electron chi connectivity index (χ3n) is 9.15. The van der Waals surface area contributed by atoms with Gasteiger partial charge in [-0.15, -0.1) is 0 Å². The van der Waals surface area contributed by atoms with E-state index in [4.69, 9.17) is 0 Å². The number of hydrogen-bond acceptors (Lipinski definition) is 0. The Kier molecular flexibility index (Phi) is 6.17. The smallest absolute Gasteiger partial charge is 0.0531 e. The van der Waals surface area contributed by atoms with Gasteiger partial charge in [0.2, 0.25) is 0 Å². The van der Waals surface area contributed by atoms with Gasteiger partial charge in [0.25, 0.3) is 0 Å². The highest BCUT2D eigenvalue weighted by Gasteiger charge is 2.29. The fourth-order valence-electron chi connectivity index (χ4n) is 6.60. The van der Waals surface area contributed by atoms with Crippen LogP contribution in [-0.2, 0) is 10.8 Å². The summed E-state index contributed by atoms with van der Waals surface area (Å²) in [6, 6.07) is 48.1. The van der Waals surface area contributed by atoms with E-state index in [9.17, 15) is 0 Å². The molecule has 2 nitrogen and oxygen atoms in total. The Morgan fingerprint density at radius 2 is 0.786 bits per heavy atom. The molecular formula is C40H36N2. The van der Waals surface area contributed by atoms with Crippen molar-refractivity contribution in [1.29, 1.82) is 0 Å². The topological polar surface area (TPSA) is 9.86 Å². The molecule has 0 atom stereocenters. The summed E-state index contributed by atoms with van der Waals surface area (Å²) >= 11 is 0. The van der Waals surface area contributed by atoms with Crippen LogP contribution in [0.2, 0.25) is 0 Å². The van der Waals surface area contributed by atoms with Crippen LogP contribution in [-0.4, -0.2) is 9.13 Å². The molecule has 5 aromatic carbocycles. The Bertz CT molecular complexity index is 1880. The molecule has 2 heterocycles. The van der Waals surface area contributed by atoms with Crippen LogP contribution in [0, 0.1) is 0 Å². The molecule has 0 bridgehead atoms. The van der Waals surface area contributed by atoms with E-state index in [-0.39, 0.29) is 10.8 Å². The molecule has 7 aromatic rings. The van der Waals surface area contributed by atoms with E-state index in [0.29, 0.717) is 0 Å². The van der Waals surface area contributed by atoms with E-state index in [1.54, 1.807) is 0 Å². The maximum atomic E-state index is 2.36. The van der Waals surface area contributed by atoms with Crippen LogP contribution in [0.3, 0.4) is 0 Å². The van der Waals surface area contributed by atoms with E-state index in [2.05, 4.69) is 183 Å². The van der Waals surface area contributed by atoms with Gasteiger partial charge in [-0.05, 0) is 52.6 Å². The lowest BCUT2D eigenvalue weighted by atomic mass is 9.78. The predicted molar refractivity (Wildman–Crippen MR) is 177 cm³/mol. The Balaban J connectivity index is 1.38. The first kappa shape index (κ1) is 26.1. The largest absolute Gasteiger partial charge is 0.316 e. The van der Waals surface area contributed by atoms with Crippen molar-refractivity contribution in [2.45, 2.75) is 38.5 Å². The van der Waals surface area contributed by atoms with Gasteiger partial charge in [0.15, 0.2) is 0 Å². The highest BCUT2D eigenvalue weighted by atomic mass is 15.0. The molecule has 0 saturated heterocycles. The van der Waals surface area contributed by atoms with Crippen LogP contribution in [0.5, 0.6) is 0 Å². The van der Waals surface area contributed by atoms with E-state index < -0.39 is 0 Å². The van der Waals surface area contributed by atoms with Crippen molar-refractivity contribution in [2.75, 3.05) is 0 Å². The molecule has 0 aliphatic heterocycles. The number of aromatic nitrogens is 2. The number of fused-ring (bicyclic) bond motifs is 2. The number of hydrogen-bond donors (Lipinski definition) is 0. The van der Waals surface area contributed by atoms with Crippen molar-refractivity contribution >= 4 is 21.8 Å². The summed E-state index contributed by atoms with van der Waals surface area (Å²) in [6.07, 6.45) is 4.68. The molecule has 0 aliphatic carbocycles. The van der Waals surface area contributed by atoms with Crippen molar-refractivity contribution < 1.29 is 0 Å². The molecule has 0 amide bonds. The summed E-state index contributed by atoms with van der Waals surface area (Å²) in [5.41, 5.74) is 9.75. The molecule has 0 aliphatic rings. The number of benzene rings is 5. The third kappa shape index (κ3) is 4.18. The van der Waals surface area contributed by atoms with E-state index >= 15 is 0 Å². The number of para-hydroxylation sites is 2. The highest BCUT2D eigenvalue weighted by molar-refractivity contribution is 5.89. The van der Waals surface area contributed by atoms with Gasteiger partial charge in [0.1, 0.15) is 0 Å². The Morgan fingerprint density at radius 1 is 0.405 bits per heavy atom. The van der Waals surface area contributed by atoms with Crippen LogP contribution in [0.4, 0.5) is 0 Å². The van der Waals surface area contributed by atoms with Crippen LogP contribution in [0.1, 0.15) is 49.9 Å². The van der Waals surface area contributed by atoms with Crippen LogP contribution < -0.4 is 0 Å². The standard InChI is InChI=1S/C40H36N2/c1-39(2,29-16-7-5-8-17-29)35-27-41(37-24-13-11-22-33(35)37)31-20-15-21-32(26-31)42-28-36(34-23-12-14-25-38(34)42)40(3,4)30-18-9-6-10-19-30/h5-28H,1-4H3. The van der Waals surface area contributed by atoms with Crippen molar-refractivity contribution in [3.63, 3.8) is 0 Å². The van der Waals surface area contributed by atoms with Gasteiger partial charge >= 0.3 is 0 Å². The maximum Gasteiger partial charge on any atom is 0.0531 e. The summed E-state index contributed by atoms with van der Waals surface area (Å²) in [4.78, 5) is 0. The molecule has 0 unspecified atom stereocenters. The summed E-state index contributed by atoms with van der Waals surface area (Å²) < 4.78 is 4.72. The van der Waals surface area contributed by atoms with Gasteiger partial charge in [-0.3, -0.25) is 0 Å². The Hall–Kier alpha value is -4.82. The zero-order valence-electron chi connectivity index (χ0n) is 24.8. The quantitative estimate of drug-likeness (QED) is 0.197. The molecule has 2 heteroatoms. The SMILES string of the molecule is CC(C)(c1ccccc1)c1cn(-c2cccc(-n3cc(C(C)(C)c4ccccc4)c4ccccc43)c2)c2ccccc12. The summed E-state index contributed by atoms with van der Waals surface area (Å²) in [6.45, 7) is 9.30. The van der Waals surface area contributed by atoms with Crippen molar-refractivity contribution in [1.82, 2.24) is 9.13 Å². The second kappa shape index (κ2) is 9.92. The van der Waals surface area contributed by atoms with Gasteiger partial charge in [-0.2, -0.15) is 0 Å². The zero-order valence-corrected chi connectivity index (χ0v) is 24.8. The predicted octanol–water partition coefficient (Wildman–Crippen LogP) is 10.2. The fraction of sp³-hybridized carbons (Fsp3) is 0.150. The lowest BCUT2D eigenvalue weighted by molar-refractivity contribution is 0.645. The lowest BCUT2D eigenvalue weighted by Gasteiger charge is -2.25. The van der Waals surface area contributed by atoms with E-state index in [0.717, 1.165) is 11.4 Å². The zero-order chi connectivity index (χ0) is 28.9. The first-order valence-corrected chi connectivity index (χ1v) is 14.8. The minimum Gasteiger partial charge on any atom is -0.316 e. The Morgan fingerprint density at radius 3 is 1.21 bits per heavy atom. The van der Waals surface area contributed by atoms with Crippen LogP contribution >= 0.6 is 0 Å². The number of rotatable bonds is 6. The van der Waals surface area contributed by atoms with Crippen LogP contribution in [0.25, 0.3) is 33.2 Å². The molecule has 206 valence electrons. The molecule has 0 radical (unpaired) electrons. The minimum atomic E-state index is -0.141. The van der Waals surface area contributed by atoms with Gasteiger partial charge in [0, 0.05) is 45.4 Å². The van der Waals surface area contributed by atoms with E-state index in [1.165, 1.54) is 44.1 Å². The highest BCUT2D eigenvalue weighted by Crippen LogP contribution is 2.40. The summed E-state index contributed by atoms with van der Waals surface area (Å²) in [5, 5.41) is 2.57. The molecule has 2 aromatic heterocycles. The monoisotopic (exact) mass is 544 g/mol. The number of nitrogens with zero attached hydrogens (tertiary/aromatic N) is 2. The van der Waals surface area contributed by atoms with Crippen molar-refractivity contribution in [3.8, 4) is 11.4 Å². The normalized spacial score (nSPS) is 12.3. The molecule has 0 saturated carbocycles. The summed E-state index contributed by atoms with van der Waals surface area (Å²) in [7, 11) is 0. The third-order valence-corrected chi connectivity index (χ3v) is 9.15. The first-order chi connectivity index (χ1) is 20.4. The van der Waals surface area contributed by atoms with Gasteiger partial charge in [-0.1, -0.05) is 131 Å². The average Bonchev–Trinajstić information content (AvgIpc) is 3.63. The van der Waals surface area contributed by atoms with Crippen molar-refractivity contribution in [2.24, 2.45) is 0 Å². The maximum absolute atomic E-state index is 2.36. The average molecular weight is 545 g/mol. The Labute approximate surface area is 248 Å². The second-order valence-electron chi connectivity index (χ2n) is 12.4. The molecule has 0 fully saturated rings. The van der Waals surface area contributed by atoms with Crippen molar-refractivity contribution in [3.05, 3.63) is 168 Å². The van der Waals surface area contributed by atoms with Crippen LogP contribution in [0.15, 0.2) is 146 Å². The fourth-order valence-corrected chi connectivity index (χ4v) is 6.60. The molecule has 42 heavy (non-hydrogen) atoms.